The molecule has 0 aliphatic carbocycles. The molecule has 0 bridgehead atoms. The Morgan fingerprint density at radius 2 is 2.12 bits per heavy atom. The lowest BCUT2D eigenvalue weighted by Crippen LogP contribution is -2.10. The summed E-state index contributed by atoms with van der Waals surface area (Å²) < 4.78 is 10.7. The molecule has 0 spiro atoms. The van der Waals surface area contributed by atoms with Gasteiger partial charge in [0, 0.05) is 17.7 Å². The van der Waals surface area contributed by atoms with Crippen molar-refractivity contribution in [2.24, 2.45) is 0 Å². The highest BCUT2D eigenvalue weighted by atomic mass is 16.6. The number of nitrogens with one attached hydrogen (secondary N) is 1. The zero-order chi connectivity index (χ0) is 18.5. The van der Waals surface area contributed by atoms with Gasteiger partial charge in [0.1, 0.15) is 18.1 Å². The minimum atomic E-state index is -0.526. The number of anilines is 1. The molecule has 7 heteroatoms. The Morgan fingerprint density at radius 1 is 1.31 bits per heavy atom. The van der Waals surface area contributed by atoms with Gasteiger partial charge in [0.2, 0.25) is 5.91 Å². The Bertz CT molecular complexity index is 918. The van der Waals surface area contributed by atoms with E-state index in [1.807, 2.05) is 30.3 Å². The van der Waals surface area contributed by atoms with Crippen LogP contribution >= 0.6 is 0 Å². The van der Waals surface area contributed by atoms with Gasteiger partial charge in [-0.25, -0.2) is 0 Å². The number of carbonyl (C=O) groups is 1. The van der Waals surface area contributed by atoms with Gasteiger partial charge in [-0.05, 0) is 23.8 Å². The molecule has 0 saturated heterocycles. The van der Waals surface area contributed by atoms with Crippen LogP contribution in [0.15, 0.2) is 60.2 Å². The first-order valence-corrected chi connectivity index (χ1v) is 7.81. The molecule has 0 radical (unpaired) electrons. The zero-order valence-electron chi connectivity index (χ0n) is 14.0. The highest BCUT2D eigenvalue weighted by Gasteiger charge is 2.13. The van der Waals surface area contributed by atoms with Gasteiger partial charge in [-0.1, -0.05) is 24.3 Å². The van der Waals surface area contributed by atoms with Gasteiger partial charge in [-0.2, -0.15) is 0 Å². The quantitative estimate of drug-likeness (QED) is 0.505. The van der Waals surface area contributed by atoms with E-state index in [-0.39, 0.29) is 17.3 Å². The van der Waals surface area contributed by atoms with E-state index >= 15 is 0 Å². The molecular weight excluding hydrogens is 336 g/mol. The van der Waals surface area contributed by atoms with Crippen LogP contribution in [0.2, 0.25) is 0 Å². The summed E-state index contributed by atoms with van der Waals surface area (Å²) in [6.07, 6.45) is 5.00. The Labute approximate surface area is 149 Å². The summed E-state index contributed by atoms with van der Waals surface area (Å²) in [7, 11) is 1.38. The fourth-order valence-electron chi connectivity index (χ4n) is 2.48. The second-order valence-electron chi connectivity index (χ2n) is 5.51. The molecule has 1 amide bonds. The number of hydrogen-bond donors (Lipinski definition) is 1. The van der Waals surface area contributed by atoms with Crippen LogP contribution in [0.1, 0.15) is 5.56 Å². The molecule has 0 atom stereocenters. The van der Waals surface area contributed by atoms with E-state index in [0.29, 0.717) is 12.3 Å². The Balaban J connectivity index is 1.71. The fraction of sp³-hybridized carbons (Fsp3) is 0.105. The van der Waals surface area contributed by atoms with Gasteiger partial charge in [0.25, 0.3) is 5.69 Å². The number of hydrogen-bond acceptors (Lipinski definition) is 5. The molecule has 132 valence electrons. The first-order chi connectivity index (χ1) is 12.6. The van der Waals surface area contributed by atoms with E-state index in [1.165, 1.54) is 31.4 Å². The third kappa shape index (κ3) is 3.89. The molecule has 0 saturated carbocycles. The maximum absolute atomic E-state index is 12.1. The summed E-state index contributed by atoms with van der Waals surface area (Å²) in [5, 5.41) is 13.4. The SMILES string of the molecule is COc1cc([N+](=O)[O-])ccc1NC(=O)/C=C/C1=Cc2ccccc2OC1. The van der Waals surface area contributed by atoms with Gasteiger partial charge in [0.15, 0.2) is 0 Å². The Kier molecular flexibility index (Phi) is 4.98. The number of carbonyl (C=O) groups excluding carboxylic acids is 1. The smallest absolute Gasteiger partial charge is 0.273 e. The van der Waals surface area contributed by atoms with Crippen LogP contribution < -0.4 is 14.8 Å². The van der Waals surface area contributed by atoms with E-state index in [2.05, 4.69) is 5.32 Å². The normalized spacial score (nSPS) is 12.7. The lowest BCUT2D eigenvalue weighted by atomic mass is 10.1. The summed E-state index contributed by atoms with van der Waals surface area (Å²) in [4.78, 5) is 22.4. The number of methoxy groups -OCH3 is 1. The van der Waals surface area contributed by atoms with Crippen molar-refractivity contribution < 1.29 is 19.2 Å². The van der Waals surface area contributed by atoms with Crippen molar-refractivity contribution in [1.82, 2.24) is 0 Å². The molecule has 0 aromatic heterocycles. The molecule has 2 aromatic carbocycles. The number of fused-ring (bicyclic) bond motifs is 1. The predicted octanol–water partition coefficient (Wildman–Crippen LogP) is 3.57. The Hall–Kier alpha value is -3.61. The number of amides is 1. The minimum Gasteiger partial charge on any atom is -0.494 e. The number of para-hydroxylation sites is 1. The fourth-order valence-corrected chi connectivity index (χ4v) is 2.48. The second-order valence-corrected chi connectivity index (χ2v) is 5.51. The van der Waals surface area contributed by atoms with Crippen molar-refractivity contribution in [3.8, 4) is 11.5 Å². The molecule has 3 rings (SSSR count). The third-order valence-corrected chi connectivity index (χ3v) is 3.76. The van der Waals surface area contributed by atoms with Crippen LogP contribution in [-0.2, 0) is 4.79 Å². The van der Waals surface area contributed by atoms with Crippen molar-refractivity contribution in [2.45, 2.75) is 0 Å². The highest BCUT2D eigenvalue weighted by Crippen LogP contribution is 2.29. The number of nitrogens with zero attached hydrogens (tertiary/aromatic N) is 1. The van der Waals surface area contributed by atoms with Gasteiger partial charge >= 0.3 is 0 Å². The number of nitro groups is 1. The number of ether oxygens (including phenoxy) is 2. The zero-order valence-corrected chi connectivity index (χ0v) is 14.0. The topological polar surface area (TPSA) is 90.7 Å². The van der Waals surface area contributed by atoms with Crippen molar-refractivity contribution in [3.05, 3.63) is 75.9 Å². The van der Waals surface area contributed by atoms with Crippen LogP contribution in [0.4, 0.5) is 11.4 Å². The summed E-state index contributed by atoms with van der Waals surface area (Å²) >= 11 is 0. The first-order valence-electron chi connectivity index (χ1n) is 7.81. The van der Waals surface area contributed by atoms with E-state index in [0.717, 1.165) is 16.9 Å². The molecule has 1 aliphatic rings. The average molecular weight is 352 g/mol. The van der Waals surface area contributed by atoms with E-state index in [1.54, 1.807) is 6.08 Å². The van der Waals surface area contributed by atoms with Gasteiger partial charge in [-0.15, -0.1) is 0 Å². The second kappa shape index (κ2) is 7.52. The number of non-ortho nitro benzene ring substituents is 1. The van der Waals surface area contributed by atoms with Crippen LogP contribution in [-0.4, -0.2) is 24.5 Å². The molecule has 1 N–H and O–H groups in total. The molecule has 0 fully saturated rings. The molecule has 2 aromatic rings. The van der Waals surface area contributed by atoms with E-state index in [9.17, 15) is 14.9 Å². The standard InChI is InChI=1S/C19H16N2O5/c1-25-18-11-15(21(23)24)7-8-16(18)20-19(22)9-6-13-10-14-4-2-3-5-17(14)26-12-13/h2-11H,12H2,1H3,(H,20,22)/b9-6+. The van der Waals surface area contributed by atoms with Crippen molar-refractivity contribution in [1.29, 1.82) is 0 Å². The number of rotatable bonds is 5. The number of nitro benzene ring substituents is 1. The minimum absolute atomic E-state index is 0.112. The van der Waals surface area contributed by atoms with E-state index < -0.39 is 4.92 Å². The molecule has 0 unspecified atom stereocenters. The summed E-state index contributed by atoms with van der Waals surface area (Å²) in [6.45, 7) is 0.377. The maximum atomic E-state index is 12.1. The van der Waals surface area contributed by atoms with Crippen LogP contribution in [0.25, 0.3) is 6.08 Å². The molecule has 26 heavy (non-hydrogen) atoms. The maximum Gasteiger partial charge on any atom is 0.273 e. The van der Waals surface area contributed by atoms with Crippen molar-refractivity contribution in [2.75, 3.05) is 19.0 Å². The van der Waals surface area contributed by atoms with Crippen LogP contribution in [0, 0.1) is 10.1 Å². The number of benzene rings is 2. The monoisotopic (exact) mass is 352 g/mol. The lowest BCUT2D eigenvalue weighted by molar-refractivity contribution is -0.384. The third-order valence-electron chi connectivity index (χ3n) is 3.76. The lowest BCUT2D eigenvalue weighted by Gasteiger charge is -2.15. The van der Waals surface area contributed by atoms with Crippen LogP contribution in [0.5, 0.6) is 11.5 Å². The van der Waals surface area contributed by atoms with Crippen molar-refractivity contribution in [3.63, 3.8) is 0 Å². The molecule has 1 aliphatic heterocycles. The van der Waals surface area contributed by atoms with Gasteiger partial charge in [0.05, 0.1) is 23.8 Å². The summed E-state index contributed by atoms with van der Waals surface area (Å²) in [6, 6.07) is 11.6. The molecule has 1 heterocycles. The van der Waals surface area contributed by atoms with Gasteiger partial charge in [-0.3, -0.25) is 14.9 Å². The van der Waals surface area contributed by atoms with Crippen molar-refractivity contribution >= 4 is 23.4 Å². The Morgan fingerprint density at radius 3 is 2.88 bits per heavy atom. The first kappa shape index (κ1) is 17.2. The average Bonchev–Trinajstić information content (AvgIpc) is 2.66. The predicted molar refractivity (Wildman–Crippen MR) is 97.3 cm³/mol. The van der Waals surface area contributed by atoms with Crippen LogP contribution in [0.3, 0.4) is 0 Å². The molecule has 7 nitrogen and oxygen atoms in total. The summed E-state index contributed by atoms with van der Waals surface area (Å²) in [5.41, 5.74) is 2.05. The highest BCUT2D eigenvalue weighted by molar-refractivity contribution is 6.00. The van der Waals surface area contributed by atoms with E-state index in [4.69, 9.17) is 9.47 Å². The van der Waals surface area contributed by atoms with Gasteiger partial charge < -0.3 is 14.8 Å². The molecular formula is C19H16N2O5. The summed E-state index contributed by atoms with van der Waals surface area (Å²) in [5.74, 6) is 0.650. The largest absolute Gasteiger partial charge is 0.494 e.